The third-order valence-corrected chi connectivity index (χ3v) is 2.60. The maximum absolute atomic E-state index is 8.46. The molecule has 0 aliphatic rings. The Balaban J connectivity index is 0.00000144. The van der Waals surface area contributed by atoms with E-state index in [9.17, 15) is 0 Å². The van der Waals surface area contributed by atoms with Crippen LogP contribution in [0.4, 0.5) is 0 Å². The summed E-state index contributed by atoms with van der Waals surface area (Å²) >= 11 is 2.23. The fourth-order valence-electron chi connectivity index (χ4n) is 0.984. The van der Waals surface area contributed by atoms with Crippen LogP contribution >= 0.6 is 35.0 Å². The molecule has 2 nitrogen and oxygen atoms in total. The minimum atomic E-state index is -0.150. The number of rotatable bonds is 2. The molecule has 0 aromatic heterocycles. The van der Waals surface area contributed by atoms with Gasteiger partial charge in [0.15, 0.2) is 0 Å². The van der Waals surface area contributed by atoms with E-state index in [1.165, 1.54) is 0 Å². The van der Waals surface area contributed by atoms with Crippen LogP contribution in [-0.4, -0.2) is 0 Å². The number of hydrogen-bond donors (Lipinski definition) is 1. The summed E-state index contributed by atoms with van der Waals surface area (Å²) in [5.74, 6) is 0. The molecule has 0 heterocycles. The summed E-state index contributed by atoms with van der Waals surface area (Å²) in [4.78, 5) is 0. The molecule has 4 heteroatoms. The Hall–Kier alpha value is -0.310. The van der Waals surface area contributed by atoms with Gasteiger partial charge in [-0.25, -0.2) is 0 Å². The molecule has 13 heavy (non-hydrogen) atoms. The number of nitriles is 1. The second kappa shape index (κ2) is 6.19. The lowest BCUT2D eigenvalue weighted by Crippen LogP contribution is -2.10. The lowest BCUT2D eigenvalue weighted by molar-refractivity contribution is 0.744. The Morgan fingerprint density at radius 2 is 2.08 bits per heavy atom. The fraction of sp³-hybridized carbons (Fsp3) is 0.222. The third kappa shape index (κ3) is 3.51. The van der Waals surface area contributed by atoms with Gasteiger partial charge in [-0.05, 0) is 34.2 Å². The maximum atomic E-state index is 8.46. The Kier molecular flexibility index (Phi) is 6.04. The zero-order chi connectivity index (χ0) is 8.97. The Morgan fingerprint density at radius 3 is 2.62 bits per heavy atom. The molecule has 0 saturated heterocycles. The molecule has 1 atom stereocenters. The molecular formula is C9H10ClIN2. The molecule has 0 unspecified atom stereocenters. The summed E-state index contributed by atoms with van der Waals surface area (Å²) in [6.07, 6.45) is 0.375. The van der Waals surface area contributed by atoms with Crippen molar-refractivity contribution in [3.63, 3.8) is 0 Å². The van der Waals surface area contributed by atoms with Gasteiger partial charge in [-0.1, -0.05) is 18.2 Å². The van der Waals surface area contributed by atoms with Crippen LogP contribution in [0.15, 0.2) is 24.3 Å². The second-order valence-electron chi connectivity index (χ2n) is 2.49. The van der Waals surface area contributed by atoms with Crippen LogP contribution in [0.2, 0.25) is 0 Å². The van der Waals surface area contributed by atoms with Gasteiger partial charge in [-0.2, -0.15) is 5.26 Å². The highest BCUT2D eigenvalue weighted by Crippen LogP contribution is 2.19. The van der Waals surface area contributed by atoms with Crippen molar-refractivity contribution in [2.24, 2.45) is 5.73 Å². The lowest BCUT2D eigenvalue weighted by Gasteiger charge is -2.09. The van der Waals surface area contributed by atoms with E-state index in [1.54, 1.807) is 0 Å². The zero-order valence-corrected chi connectivity index (χ0v) is 9.88. The van der Waals surface area contributed by atoms with Crippen molar-refractivity contribution >= 4 is 35.0 Å². The average Bonchev–Trinajstić information content (AvgIpc) is 2.05. The number of benzene rings is 1. The van der Waals surface area contributed by atoms with Gasteiger partial charge in [0.2, 0.25) is 0 Å². The molecule has 70 valence electrons. The SMILES string of the molecule is Cl.N#CC[C@@H](N)c1ccccc1I. The van der Waals surface area contributed by atoms with Gasteiger partial charge in [-0.15, -0.1) is 12.4 Å². The van der Waals surface area contributed by atoms with Gasteiger partial charge in [0.1, 0.15) is 0 Å². The average molecular weight is 309 g/mol. The van der Waals surface area contributed by atoms with E-state index in [0.29, 0.717) is 6.42 Å². The molecule has 1 aromatic carbocycles. The molecule has 0 spiro atoms. The van der Waals surface area contributed by atoms with Gasteiger partial charge in [0.25, 0.3) is 0 Å². The van der Waals surface area contributed by atoms with E-state index in [2.05, 4.69) is 28.7 Å². The van der Waals surface area contributed by atoms with E-state index in [-0.39, 0.29) is 18.4 Å². The van der Waals surface area contributed by atoms with Crippen molar-refractivity contribution in [1.82, 2.24) is 0 Å². The number of nitrogens with two attached hydrogens (primary N) is 1. The first-order valence-corrected chi connectivity index (χ1v) is 4.70. The van der Waals surface area contributed by atoms with Crippen LogP contribution in [0, 0.1) is 14.9 Å². The predicted molar refractivity (Wildman–Crippen MR) is 63.6 cm³/mol. The summed E-state index contributed by atoms with van der Waals surface area (Å²) < 4.78 is 1.12. The lowest BCUT2D eigenvalue weighted by atomic mass is 10.1. The van der Waals surface area contributed by atoms with Crippen molar-refractivity contribution in [2.45, 2.75) is 12.5 Å². The van der Waals surface area contributed by atoms with E-state index >= 15 is 0 Å². The topological polar surface area (TPSA) is 49.8 Å². The Bertz CT molecular complexity index is 309. The molecule has 1 aromatic rings. The minimum Gasteiger partial charge on any atom is -0.323 e. The number of nitrogens with zero attached hydrogens (tertiary/aromatic N) is 1. The van der Waals surface area contributed by atoms with Crippen LogP contribution in [0.1, 0.15) is 18.0 Å². The van der Waals surface area contributed by atoms with Crippen LogP contribution in [0.3, 0.4) is 0 Å². The third-order valence-electron chi connectivity index (χ3n) is 1.62. The summed E-state index contributed by atoms with van der Waals surface area (Å²) in [5.41, 5.74) is 6.83. The molecule has 0 saturated carbocycles. The van der Waals surface area contributed by atoms with Gasteiger partial charge in [-0.3, -0.25) is 0 Å². The van der Waals surface area contributed by atoms with Crippen LogP contribution < -0.4 is 5.73 Å². The summed E-state index contributed by atoms with van der Waals surface area (Å²) in [5, 5.41) is 8.46. The first-order chi connectivity index (χ1) is 5.75. The van der Waals surface area contributed by atoms with E-state index in [1.807, 2.05) is 24.3 Å². The van der Waals surface area contributed by atoms with E-state index in [4.69, 9.17) is 11.0 Å². The molecule has 0 amide bonds. The summed E-state index contributed by atoms with van der Waals surface area (Å²) in [6, 6.07) is 9.77. The fourth-order valence-corrected chi connectivity index (χ4v) is 1.77. The standard InChI is InChI=1S/C9H9IN2.ClH/c10-8-4-2-1-3-7(8)9(12)5-6-11;/h1-4,9H,5,12H2;1H/t9-;/m1./s1. The van der Waals surface area contributed by atoms with Crippen LogP contribution in [0.25, 0.3) is 0 Å². The van der Waals surface area contributed by atoms with Crippen LogP contribution in [-0.2, 0) is 0 Å². The van der Waals surface area contributed by atoms with Crippen molar-refractivity contribution in [2.75, 3.05) is 0 Å². The Morgan fingerprint density at radius 1 is 1.46 bits per heavy atom. The zero-order valence-electron chi connectivity index (χ0n) is 6.90. The van der Waals surface area contributed by atoms with Crippen molar-refractivity contribution < 1.29 is 0 Å². The first kappa shape index (κ1) is 12.7. The first-order valence-electron chi connectivity index (χ1n) is 3.62. The number of hydrogen-bond acceptors (Lipinski definition) is 2. The van der Waals surface area contributed by atoms with Gasteiger partial charge >= 0.3 is 0 Å². The molecule has 0 aliphatic heterocycles. The normalized spacial score (nSPS) is 11.2. The van der Waals surface area contributed by atoms with Crippen molar-refractivity contribution in [3.8, 4) is 6.07 Å². The van der Waals surface area contributed by atoms with Crippen molar-refractivity contribution in [1.29, 1.82) is 5.26 Å². The predicted octanol–water partition coefficient (Wildman–Crippen LogP) is 2.63. The number of halogens is 2. The highest BCUT2D eigenvalue weighted by Gasteiger charge is 2.07. The van der Waals surface area contributed by atoms with Gasteiger partial charge < -0.3 is 5.73 Å². The monoisotopic (exact) mass is 308 g/mol. The molecular weight excluding hydrogens is 298 g/mol. The highest BCUT2D eigenvalue weighted by molar-refractivity contribution is 14.1. The quantitative estimate of drug-likeness (QED) is 0.854. The molecule has 0 radical (unpaired) electrons. The van der Waals surface area contributed by atoms with Crippen molar-refractivity contribution in [3.05, 3.63) is 33.4 Å². The molecule has 0 fully saturated rings. The van der Waals surface area contributed by atoms with E-state index in [0.717, 1.165) is 9.13 Å². The smallest absolute Gasteiger partial charge is 0.0641 e. The van der Waals surface area contributed by atoms with Gasteiger partial charge in [0, 0.05) is 9.61 Å². The highest BCUT2D eigenvalue weighted by atomic mass is 127. The van der Waals surface area contributed by atoms with Gasteiger partial charge in [0.05, 0.1) is 12.5 Å². The molecule has 2 N–H and O–H groups in total. The minimum absolute atomic E-state index is 0. The molecule has 1 rings (SSSR count). The van der Waals surface area contributed by atoms with E-state index < -0.39 is 0 Å². The maximum Gasteiger partial charge on any atom is 0.0641 e. The summed E-state index contributed by atoms with van der Waals surface area (Å²) in [7, 11) is 0. The second-order valence-corrected chi connectivity index (χ2v) is 3.65. The Labute approximate surface area is 97.7 Å². The molecule has 0 aliphatic carbocycles. The largest absolute Gasteiger partial charge is 0.323 e. The molecule has 0 bridgehead atoms. The van der Waals surface area contributed by atoms with Crippen LogP contribution in [0.5, 0.6) is 0 Å². The summed E-state index contributed by atoms with van der Waals surface area (Å²) in [6.45, 7) is 0.